The van der Waals surface area contributed by atoms with Crippen molar-refractivity contribution in [2.45, 2.75) is 45.2 Å². The highest BCUT2D eigenvalue weighted by Crippen LogP contribution is 2.31. The molecule has 3 heteroatoms. The minimum Gasteiger partial charge on any atom is -0.399 e. The van der Waals surface area contributed by atoms with Gasteiger partial charge in [0, 0.05) is 23.2 Å². The maximum atomic E-state index is 5.81. The van der Waals surface area contributed by atoms with Crippen molar-refractivity contribution in [3.05, 3.63) is 30.3 Å². The average molecular weight is 255 g/mol. The number of pyridine rings is 1. The molecular weight excluding hydrogens is 234 g/mol. The average Bonchev–Trinajstić information content (AvgIpc) is 2.79. The molecule has 2 N–H and O–H groups in total. The van der Waals surface area contributed by atoms with E-state index in [-0.39, 0.29) is 0 Å². The number of nitrogens with zero attached hydrogens (tertiary/aromatic N) is 2. The molecule has 1 fully saturated rings. The molecule has 1 aromatic heterocycles. The molecule has 19 heavy (non-hydrogen) atoms. The fourth-order valence-corrected chi connectivity index (χ4v) is 3.16. The zero-order valence-corrected chi connectivity index (χ0v) is 11.6. The molecule has 0 saturated carbocycles. The Morgan fingerprint density at radius 3 is 2.89 bits per heavy atom. The number of fused-ring (bicyclic) bond motifs is 1. The molecular formula is C16H21N3. The highest BCUT2D eigenvalue weighted by molar-refractivity contribution is 5.83. The molecule has 2 aromatic rings. The van der Waals surface area contributed by atoms with E-state index in [4.69, 9.17) is 10.7 Å². The van der Waals surface area contributed by atoms with Gasteiger partial charge in [-0.05, 0) is 56.5 Å². The first kappa shape index (κ1) is 12.3. The van der Waals surface area contributed by atoms with Crippen LogP contribution in [0.15, 0.2) is 30.3 Å². The highest BCUT2D eigenvalue weighted by atomic mass is 15.3. The summed E-state index contributed by atoms with van der Waals surface area (Å²) in [5, 5.41) is 1.11. The molecule has 1 aliphatic rings. The second kappa shape index (κ2) is 4.72. The summed E-state index contributed by atoms with van der Waals surface area (Å²) in [6, 6.07) is 11.4. The first-order valence-electron chi connectivity index (χ1n) is 7.13. The summed E-state index contributed by atoms with van der Waals surface area (Å²) in [4.78, 5) is 7.30. The minimum absolute atomic E-state index is 0.587. The molecule has 0 aliphatic carbocycles. The lowest BCUT2D eigenvalue weighted by Crippen LogP contribution is -2.34. The first-order chi connectivity index (χ1) is 9.19. The van der Waals surface area contributed by atoms with Gasteiger partial charge in [0.1, 0.15) is 5.82 Å². The van der Waals surface area contributed by atoms with Crippen molar-refractivity contribution in [2.24, 2.45) is 0 Å². The van der Waals surface area contributed by atoms with E-state index < -0.39 is 0 Å². The Morgan fingerprint density at radius 2 is 2.11 bits per heavy atom. The molecule has 0 spiro atoms. The van der Waals surface area contributed by atoms with Crippen molar-refractivity contribution in [1.82, 2.24) is 4.98 Å². The van der Waals surface area contributed by atoms with Crippen LogP contribution in [0, 0.1) is 0 Å². The van der Waals surface area contributed by atoms with Gasteiger partial charge in [-0.2, -0.15) is 0 Å². The topological polar surface area (TPSA) is 42.1 Å². The van der Waals surface area contributed by atoms with E-state index >= 15 is 0 Å². The first-order valence-corrected chi connectivity index (χ1v) is 7.13. The van der Waals surface area contributed by atoms with Crippen LogP contribution < -0.4 is 10.6 Å². The Balaban J connectivity index is 2.03. The summed E-state index contributed by atoms with van der Waals surface area (Å²) in [6.07, 6.45) is 3.73. The highest BCUT2D eigenvalue weighted by Gasteiger charge is 2.30. The predicted octanol–water partition coefficient (Wildman–Crippen LogP) is 3.58. The number of benzene rings is 1. The maximum Gasteiger partial charge on any atom is 0.129 e. The monoisotopic (exact) mass is 255 g/mol. The normalized spacial score (nSPS) is 23.2. The fourth-order valence-electron chi connectivity index (χ4n) is 3.16. The van der Waals surface area contributed by atoms with Crippen LogP contribution in [-0.4, -0.2) is 17.1 Å². The van der Waals surface area contributed by atoms with Crippen LogP contribution in [0.1, 0.15) is 33.1 Å². The third-order valence-corrected chi connectivity index (χ3v) is 4.22. The predicted molar refractivity (Wildman–Crippen MR) is 81.4 cm³/mol. The molecule has 1 aliphatic heterocycles. The van der Waals surface area contributed by atoms with Crippen molar-refractivity contribution in [1.29, 1.82) is 0 Å². The van der Waals surface area contributed by atoms with E-state index in [1.165, 1.54) is 19.3 Å². The van der Waals surface area contributed by atoms with Crippen molar-refractivity contribution < 1.29 is 0 Å². The molecule has 100 valence electrons. The summed E-state index contributed by atoms with van der Waals surface area (Å²) >= 11 is 0. The van der Waals surface area contributed by atoms with Gasteiger partial charge in [-0.15, -0.1) is 0 Å². The summed E-state index contributed by atoms with van der Waals surface area (Å²) < 4.78 is 0. The number of aromatic nitrogens is 1. The quantitative estimate of drug-likeness (QED) is 0.834. The van der Waals surface area contributed by atoms with E-state index in [1.54, 1.807) is 0 Å². The third kappa shape index (κ3) is 2.14. The zero-order chi connectivity index (χ0) is 13.4. The fraction of sp³-hybridized carbons (Fsp3) is 0.438. The van der Waals surface area contributed by atoms with Gasteiger partial charge in [0.15, 0.2) is 0 Å². The molecule has 3 nitrogen and oxygen atoms in total. The van der Waals surface area contributed by atoms with Crippen LogP contribution in [0.5, 0.6) is 0 Å². The lowest BCUT2D eigenvalue weighted by Gasteiger charge is -2.29. The number of hydrogen-bond donors (Lipinski definition) is 1. The van der Waals surface area contributed by atoms with Gasteiger partial charge in [0.05, 0.1) is 5.52 Å². The third-order valence-electron chi connectivity index (χ3n) is 4.22. The van der Waals surface area contributed by atoms with E-state index in [0.29, 0.717) is 12.1 Å². The molecule has 0 amide bonds. The zero-order valence-electron chi connectivity index (χ0n) is 11.6. The molecule has 2 unspecified atom stereocenters. The van der Waals surface area contributed by atoms with Crippen LogP contribution in [0.4, 0.5) is 11.5 Å². The Bertz CT molecular complexity index is 594. The SMILES string of the molecule is CCC1CCC(C)N1c1ccc2cc(N)ccc2n1. The van der Waals surface area contributed by atoms with Gasteiger partial charge >= 0.3 is 0 Å². The van der Waals surface area contributed by atoms with Crippen molar-refractivity contribution in [3.63, 3.8) is 0 Å². The molecule has 3 rings (SSSR count). The molecule has 2 heterocycles. The number of nitrogens with two attached hydrogens (primary N) is 1. The molecule has 0 bridgehead atoms. The summed E-state index contributed by atoms with van der Waals surface area (Å²) in [6.45, 7) is 4.56. The smallest absolute Gasteiger partial charge is 0.129 e. The Hall–Kier alpha value is -1.77. The number of hydrogen-bond acceptors (Lipinski definition) is 3. The number of nitrogen functional groups attached to an aromatic ring is 1. The van der Waals surface area contributed by atoms with Gasteiger partial charge < -0.3 is 10.6 Å². The lowest BCUT2D eigenvalue weighted by molar-refractivity contribution is 0.622. The largest absolute Gasteiger partial charge is 0.399 e. The van der Waals surface area contributed by atoms with Crippen molar-refractivity contribution in [2.75, 3.05) is 10.6 Å². The summed E-state index contributed by atoms with van der Waals surface area (Å²) in [5.74, 6) is 1.11. The summed E-state index contributed by atoms with van der Waals surface area (Å²) in [7, 11) is 0. The van der Waals surface area contributed by atoms with Gasteiger partial charge in [0.2, 0.25) is 0 Å². The van der Waals surface area contributed by atoms with E-state index in [1.807, 2.05) is 18.2 Å². The molecule has 2 atom stereocenters. The van der Waals surface area contributed by atoms with E-state index in [9.17, 15) is 0 Å². The Labute approximate surface area is 114 Å². The Morgan fingerprint density at radius 1 is 1.26 bits per heavy atom. The Kier molecular flexibility index (Phi) is 3.05. The summed E-state index contributed by atoms with van der Waals surface area (Å²) in [5.41, 5.74) is 7.63. The lowest BCUT2D eigenvalue weighted by atomic mass is 10.1. The van der Waals surface area contributed by atoms with E-state index in [0.717, 1.165) is 22.4 Å². The van der Waals surface area contributed by atoms with Gasteiger partial charge in [-0.25, -0.2) is 4.98 Å². The van der Waals surface area contributed by atoms with Crippen LogP contribution in [0.2, 0.25) is 0 Å². The minimum atomic E-state index is 0.587. The second-order valence-electron chi connectivity index (χ2n) is 5.52. The standard InChI is InChI=1S/C16H21N3/c1-3-14-7-4-11(2)19(14)16-9-5-12-10-13(17)6-8-15(12)18-16/h5-6,8-11,14H,3-4,7,17H2,1-2H3. The number of anilines is 2. The van der Waals surface area contributed by atoms with Gasteiger partial charge in [-0.3, -0.25) is 0 Å². The molecule has 0 radical (unpaired) electrons. The van der Waals surface area contributed by atoms with Crippen molar-refractivity contribution >= 4 is 22.4 Å². The van der Waals surface area contributed by atoms with Crippen LogP contribution in [0.3, 0.4) is 0 Å². The second-order valence-corrected chi connectivity index (χ2v) is 5.52. The van der Waals surface area contributed by atoms with Crippen LogP contribution in [0.25, 0.3) is 10.9 Å². The van der Waals surface area contributed by atoms with Crippen molar-refractivity contribution in [3.8, 4) is 0 Å². The van der Waals surface area contributed by atoms with Crippen LogP contribution >= 0.6 is 0 Å². The van der Waals surface area contributed by atoms with Gasteiger partial charge in [0.25, 0.3) is 0 Å². The molecule has 1 saturated heterocycles. The van der Waals surface area contributed by atoms with Gasteiger partial charge in [-0.1, -0.05) is 6.92 Å². The molecule has 1 aromatic carbocycles. The maximum absolute atomic E-state index is 5.81. The van der Waals surface area contributed by atoms with E-state index in [2.05, 4.69) is 30.9 Å². The van der Waals surface area contributed by atoms with Crippen LogP contribution in [-0.2, 0) is 0 Å². The number of rotatable bonds is 2.